The Labute approximate surface area is 178 Å². The normalized spacial score (nSPS) is 10.7. The molecule has 3 aromatic heterocycles. The van der Waals surface area contributed by atoms with Crippen LogP contribution in [0.15, 0.2) is 51.6 Å². The van der Waals surface area contributed by atoms with Crippen LogP contribution in [-0.2, 0) is 11.3 Å². The Hall–Kier alpha value is -3.37. The highest BCUT2D eigenvalue weighted by Crippen LogP contribution is 2.28. The van der Waals surface area contributed by atoms with Crippen molar-refractivity contribution in [1.82, 2.24) is 15.3 Å². The standard InChI is InChI=1S/C20H15FN4O3S2/c1-11(26)22-8-14-6-7-17(28-14)15-9-30-20(24-15)25-18(27)16-10-29-19(23-16)12-2-4-13(21)5-3-12/h2-7,9-10H,8H2,1H3,(H,22,26)(H,24,25,27). The van der Waals surface area contributed by atoms with Crippen molar-refractivity contribution in [2.24, 2.45) is 0 Å². The van der Waals surface area contributed by atoms with Crippen molar-refractivity contribution in [2.75, 3.05) is 5.32 Å². The summed E-state index contributed by atoms with van der Waals surface area (Å²) in [6.45, 7) is 1.73. The maximum absolute atomic E-state index is 13.1. The SMILES string of the molecule is CC(=O)NCc1ccc(-c2csc(NC(=O)c3csc(-c4ccc(F)cc4)n3)n2)o1. The number of amides is 2. The monoisotopic (exact) mass is 442 g/mol. The van der Waals surface area contributed by atoms with Gasteiger partial charge in [-0.25, -0.2) is 14.4 Å². The second-order valence-electron chi connectivity index (χ2n) is 6.21. The maximum atomic E-state index is 13.1. The first-order valence-corrected chi connectivity index (χ1v) is 10.6. The molecule has 1 aromatic carbocycles. The largest absolute Gasteiger partial charge is 0.458 e. The van der Waals surface area contributed by atoms with Crippen LogP contribution in [0.5, 0.6) is 0 Å². The molecule has 4 aromatic rings. The third-order valence-electron chi connectivity index (χ3n) is 3.98. The van der Waals surface area contributed by atoms with Gasteiger partial charge in [-0.2, -0.15) is 0 Å². The van der Waals surface area contributed by atoms with Gasteiger partial charge < -0.3 is 9.73 Å². The van der Waals surface area contributed by atoms with E-state index in [9.17, 15) is 14.0 Å². The highest BCUT2D eigenvalue weighted by Gasteiger charge is 2.15. The predicted octanol–water partition coefficient (Wildman–Crippen LogP) is 4.55. The molecule has 10 heteroatoms. The molecule has 2 amide bonds. The van der Waals surface area contributed by atoms with Crippen LogP contribution in [0.3, 0.4) is 0 Å². The number of carbonyl (C=O) groups is 2. The molecule has 0 saturated heterocycles. The number of halogens is 1. The molecular weight excluding hydrogens is 427 g/mol. The van der Waals surface area contributed by atoms with Gasteiger partial charge in [0.1, 0.15) is 28.0 Å². The molecule has 0 aliphatic rings. The Kier molecular flexibility index (Phi) is 5.68. The van der Waals surface area contributed by atoms with E-state index in [1.54, 1.807) is 35.0 Å². The van der Waals surface area contributed by atoms with Crippen LogP contribution in [0.4, 0.5) is 9.52 Å². The van der Waals surface area contributed by atoms with E-state index in [1.807, 2.05) is 0 Å². The molecule has 152 valence electrons. The number of nitrogens with one attached hydrogen (secondary N) is 2. The summed E-state index contributed by atoms with van der Waals surface area (Å²) in [5.41, 5.74) is 1.58. The molecule has 0 aliphatic carbocycles. The minimum atomic E-state index is -0.383. The van der Waals surface area contributed by atoms with E-state index in [-0.39, 0.29) is 23.3 Å². The fourth-order valence-corrected chi connectivity index (χ4v) is 4.03. The van der Waals surface area contributed by atoms with Gasteiger partial charge in [0, 0.05) is 23.2 Å². The summed E-state index contributed by atoms with van der Waals surface area (Å²) in [5.74, 6) is 0.295. The summed E-state index contributed by atoms with van der Waals surface area (Å²) in [6, 6.07) is 9.45. The molecule has 0 aliphatic heterocycles. The number of aromatic nitrogens is 2. The average Bonchev–Trinajstić information content (AvgIpc) is 3.47. The van der Waals surface area contributed by atoms with Crippen LogP contribution < -0.4 is 10.6 Å². The number of thiazole rings is 2. The van der Waals surface area contributed by atoms with Crippen molar-refractivity contribution < 1.29 is 18.4 Å². The molecule has 0 saturated carbocycles. The average molecular weight is 442 g/mol. The Morgan fingerprint density at radius 2 is 1.87 bits per heavy atom. The number of hydrogen-bond donors (Lipinski definition) is 2. The molecule has 30 heavy (non-hydrogen) atoms. The van der Waals surface area contributed by atoms with E-state index in [4.69, 9.17) is 4.42 Å². The minimum absolute atomic E-state index is 0.142. The number of furan rings is 1. The smallest absolute Gasteiger partial charge is 0.276 e. The Morgan fingerprint density at radius 1 is 1.07 bits per heavy atom. The molecule has 0 unspecified atom stereocenters. The van der Waals surface area contributed by atoms with Gasteiger partial charge in [-0.15, -0.1) is 22.7 Å². The molecule has 2 N–H and O–H groups in total. The van der Waals surface area contributed by atoms with Gasteiger partial charge in [-0.3, -0.25) is 14.9 Å². The van der Waals surface area contributed by atoms with Gasteiger partial charge in [0.15, 0.2) is 10.9 Å². The van der Waals surface area contributed by atoms with Gasteiger partial charge in [0.05, 0.1) is 6.54 Å². The molecule has 0 bridgehead atoms. The second kappa shape index (κ2) is 8.56. The van der Waals surface area contributed by atoms with E-state index in [1.165, 1.54) is 41.7 Å². The number of rotatable bonds is 6. The lowest BCUT2D eigenvalue weighted by molar-refractivity contribution is -0.119. The molecule has 4 rings (SSSR count). The first-order chi connectivity index (χ1) is 14.5. The summed E-state index contributed by atoms with van der Waals surface area (Å²) in [4.78, 5) is 32.2. The van der Waals surface area contributed by atoms with Gasteiger partial charge in [0.25, 0.3) is 5.91 Å². The quantitative estimate of drug-likeness (QED) is 0.456. The van der Waals surface area contributed by atoms with Crippen molar-refractivity contribution in [3.63, 3.8) is 0 Å². The summed E-state index contributed by atoms with van der Waals surface area (Å²) in [7, 11) is 0. The topological polar surface area (TPSA) is 97.1 Å². The van der Waals surface area contributed by atoms with Crippen LogP contribution in [-0.4, -0.2) is 21.8 Å². The van der Waals surface area contributed by atoms with Crippen molar-refractivity contribution in [3.05, 3.63) is 64.4 Å². The summed E-state index contributed by atoms with van der Waals surface area (Å²) in [6.07, 6.45) is 0. The minimum Gasteiger partial charge on any atom is -0.458 e. The van der Waals surface area contributed by atoms with Crippen molar-refractivity contribution in [2.45, 2.75) is 13.5 Å². The Morgan fingerprint density at radius 3 is 2.63 bits per heavy atom. The van der Waals surface area contributed by atoms with Gasteiger partial charge >= 0.3 is 0 Å². The van der Waals surface area contributed by atoms with Crippen molar-refractivity contribution >= 4 is 39.6 Å². The van der Waals surface area contributed by atoms with Gasteiger partial charge in [-0.05, 0) is 36.4 Å². The van der Waals surface area contributed by atoms with Crippen molar-refractivity contribution in [3.8, 4) is 22.0 Å². The number of anilines is 1. The number of carbonyl (C=O) groups excluding carboxylic acids is 2. The molecule has 3 heterocycles. The Bertz CT molecular complexity index is 1200. The molecule has 0 radical (unpaired) electrons. The number of hydrogen-bond acceptors (Lipinski definition) is 7. The zero-order valence-corrected chi connectivity index (χ0v) is 17.3. The zero-order chi connectivity index (χ0) is 21.1. The lowest BCUT2D eigenvalue weighted by Crippen LogP contribution is -2.18. The number of benzene rings is 1. The van der Waals surface area contributed by atoms with Crippen LogP contribution >= 0.6 is 22.7 Å². The van der Waals surface area contributed by atoms with Crippen LogP contribution in [0.2, 0.25) is 0 Å². The van der Waals surface area contributed by atoms with E-state index >= 15 is 0 Å². The highest BCUT2D eigenvalue weighted by atomic mass is 32.1. The fraction of sp³-hybridized carbons (Fsp3) is 0.100. The van der Waals surface area contributed by atoms with Crippen LogP contribution in [0.1, 0.15) is 23.2 Å². The lowest BCUT2D eigenvalue weighted by Gasteiger charge is -1.98. The highest BCUT2D eigenvalue weighted by molar-refractivity contribution is 7.14. The van der Waals surface area contributed by atoms with E-state index in [2.05, 4.69) is 20.6 Å². The fourth-order valence-electron chi connectivity index (χ4n) is 2.53. The molecule has 0 spiro atoms. The third kappa shape index (κ3) is 4.61. The van der Waals surface area contributed by atoms with Gasteiger partial charge in [0.2, 0.25) is 5.91 Å². The van der Waals surface area contributed by atoms with Crippen molar-refractivity contribution in [1.29, 1.82) is 0 Å². The third-order valence-corrected chi connectivity index (χ3v) is 5.63. The maximum Gasteiger partial charge on any atom is 0.276 e. The van der Waals surface area contributed by atoms with E-state index in [0.29, 0.717) is 33.9 Å². The zero-order valence-electron chi connectivity index (χ0n) is 15.6. The molecule has 0 atom stereocenters. The first-order valence-electron chi connectivity index (χ1n) is 8.80. The van der Waals surface area contributed by atoms with E-state index < -0.39 is 0 Å². The predicted molar refractivity (Wildman–Crippen MR) is 113 cm³/mol. The van der Waals surface area contributed by atoms with Crippen LogP contribution in [0, 0.1) is 5.82 Å². The summed E-state index contributed by atoms with van der Waals surface area (Å²) in [5, 5.41) is 9.83. The molecule has 7 nitrogen and oxygen atoms in total. The van der Waals surface area contributed by atoms with E-state index in [0.717, 1.165) is 5.56 Å². The summed E-state index contributed by atoms with van der Waals surface area (Å²) < 4.78 is 18.7. The lowest BCUT2D eigenvalue weighted by atomic mass is 10.2. The summed E-state index contributed by atoms with van der Waals surface area (Å²) >= 11 is 2.56. The number of nitrogens with zero attached hydrogens (tertiary/aromatic N) is 2. The Balaban J connectivity index is 1.42. The van der Waals surface area contributed by atoms with Gasteiger partial charge in [-0.1, -0.05) is 0 Å². The first kappa shape index (κ1) is 19.9. The second-order valence-corrected chi connectivity index (χ2v) is 7.93. The van der Waals surface area contributed by atoms with Crippen LogP contribution in [0.25, 0.3) is 22.0 Å². The molecular formula is C20H15FN4O3S2. The molecule has 0 fully saturated rings.